The van der Waals surface area contributed by atoms with Gasteiger partial charge in [-0.1, -0.05) is 18.2 Å². The highest BCUT2D eigenvalue weighted by molar-refractivity contribution is 5.95. The second-order valence-electron chi connectivity index (χ2n) is 6.36. The van der Waals surface area contributed by atoms with Crippen LogP contribution in [-0.2, 0) is 17.6 Å². The summed E-state index contributed by atoms with van der Waals surface area (Å²) in [5.41, 5.74) is 3.91. The molecule has 0 aliphatic heterocycles. The van der Waals surface area contributed by atoms with Crippen LogP contribution in [0.25, 0.3) is 11.1 Å². The molecule has 1 aliphatic carbocycles. The zero-order valence-electron chi connectivity index (χ0n) is 14.0. The lowest BCUT2D eigenvalue weighted by Crippen LogP contribution is -2.25. The highest BCUT2D eigenvalue weighted by Crippen LogP contribution is 2.31. The van der Waals surface area contributed by atoms with Crippen LogP contribution in [0.2, 0.25) is 0 Å². The molecule has 0 radical (unpaired) electrons. The smallest absolute Gasteiger partial charge is 0.251 e. The van der Waals surface area contributed by atoms with Crippen LogP contribution in [0.4, 0.5) is 4.39 Å². The molecule has 2 aromatic carbocycles. The van der Waals surface area contributed by atoms with E-state index in [9.17, 15) is 14.0 Å². The zero-order valence-corrected chi connectivity index (χ0v) is 14.0. The molecule has 2 aromatic rings. The van der Waals surface area contributed by atoms with Gasteiger partial charge in [0.25, 0.3) is 5.91 Å². The molecule has 1 aliphatic rings. The molecule has 1 atom stereocenters. The first-order chi connectivity index (χ1) is 12.0. The number of carbonyl (C=O) groups is 2. The Morgan fingerprint density at radius 2 is 1.96 bits per heavy atom. The van der Waals surface area contributed by atoms with Crippen molar-refractivity contribution < 1.29 is 19.1 Å². The number of aliphatic hydroxyl groups is 1. The van der Waals surface area contributed by atoms with Crippen molar-refractivity contribution in [2.24, 2.45) is 5.92 Å². The van der Waals surface area contributed by atoms with Crippen LogP contribution in [0.15, 0.2) is 36.4 Å². The molecule has 0 fully saturated rings. The number of nitrogens with one attached hydrogen (secondary N) is 1. The minimum Gasteiger partial charge on any atom is -0.389 e. The fourth-order valence-corrected chi connectivity index (χ4v) is 3.37. The SMILES string of the molecule is CNC(=O)c1cc(F)cc(-c2ccc3c(c2)CC(C(=O)CO)CC3)c1. The molecular weight excluding hydrogens is 321 g/mol. The van der Waals surface area contributed by atoms with Gasteiger partial charge in [0.1, 0.15) is 12.4 Å². The molecule has 0 saturated heterocycles. The number of fused-ring (bicyclic) bond motifs is 1. The number of halogens is 1. The van der Waals surface area contributed by atoms with Gasteiger partial charge in [0.05, 0.1) is 0 Å². The molecule has 4 nitrogen and oxygen atoms in total. The van der Waals surface area contributed by atoms with Crippen molar-refractivity contribution in [3.63, 3.8) is 0 Å². The van der Waals surface area contributed by atoms with Crippen molar-refractivity contribution in [1.29, 1.82) is 0 Å². The number of rotatable bonds is 4. The van der Waals surface area contributed by atoms with Crippen molar-refractivity contribution in [2.45, 2.75) is 19.3 Å². The number of hydrogen-bond donors (Lipinski definition) is 2. The van der Waals surface area contributed by atoms with Crippen molar-refractivity contribution in [3.8, 4) is 11.1 Å². The van der Waals surface area contributed by atoms with E-state index in [1.807, 2.05) is 18.2 Å². The average Bonchev–Trinajstić information content (AvgIpc) is 2.65. The highest BCUT2D eigenvalue weighted by atomic mass is 19.1. The fraction of sp³-hybridized carbons (Fsp3) is 0.300. The molecule has 3 rings (SSSR count). The van der Waals surface area contributed by atoms with Gasteiger partial charge in [-0.05, 0) is 59.7 Å². The minimum atomic E-state index is -0.470. The van der Waals surface area contributed by atoms with E-state index >= 15 is 0 Å². The summed E-state index contributed by atoms with van der Waals surface area (Å²) in [6.07, 6.45) is 2.12. The topological polar surface area (TPSA) is 66.4 Å². The summed E-state index contributed by atoms with van der Waals surface area (Å²) in [6, 6.07) is 10.1. The predicted molar refractivity (Wildman–Crippen MR) is 92.8 cm³/mol. The van der Waals surface area contributed by atoms with E-state index < -0.39 is 12.4 Å². The van der Waals surface area contributed by atoms with E-state index in [1.165, 1.54) is 24.7 Å². The predicted octanol–water partition coefficient (Wildman–Crippen LogP) is 2.52. The van der Waals surface area contributed by atoms with Crippen molar-refractivity contribution >= 4 is 11.7 Å². The lowest BCUT2D eigenvalue weighted by molar-refractivity contribution is -0.125. The Morgan fingerprint density at radius 1 is 1.16 bits per heavy atom. The maximum atomic E-state index is 13.9. The van der Waals surface area contributed by atoms with Gasteiger partial charge in [-0.3, -0.25) is 9.59 Å². The molecule has 130 valence electrons. The number of amides is 1. The Balaban J connectivity index is 1.96. The largest absolute Gasteiger partial charge is 0.389 e. The van der Waals surface area contributed by atoms with E-state index in [1.54, 1.807) is 6.07 Å². The number of ketones is 1. The molecule has 2 N–H and O–H groups in total. The maximum absolute atomic E-state index is 13.9. The van der Waals surface area contributed by atoms with Crippen LogP contribution in [0, 0.1) is 11.7 Å². The third-order valence-corrected chi connectivity index (χ3v) is 4.77. The molecule has 25 heavy (non-hydrogen) atoms. The minimum absolute atomic E-state index is 0.135. The number of Topliss-reactive ketones (excluding diaryl/α,β-unsaturated/α-hetero) is 1. The van der Waals surface area contributed by atoms with Gasteiger partial charge in [0.2, 0.25) is 0 Å². The Morgan fingerprint density at radius 3 is 2.68 bits per heavy atom. The number of benzene rings is 2. The summed E-state index contributed by atoms with van der Waals surface area (Å²) in [4.78, 5) is 23.6. The first kappa shape index (κ1) is 17.3. The Bertz CT molecular complexity index is 832. The summed E-state index contributed by atoms with van der Waals surface area (Å²) >= 11 is 0. The third kappa shape index (κ3) is 3.61. The molecule has 0 aromatic heterocycles. The van der Waals surface area contributed by atoms with E-state index in [0.29, 0.717) is 12.0 Å². The second-order valence-corrected chi connectivity index (χ2v) is 6.36. The Hall–Kier alpha value is -2.53. The standard InChI is InChI=1S/C20H20FNO3/c1-22-20(25)17-8-16(9-18(21)10-17)13-4-2-12-3-5-14(19(24)11-23)7-15(12)6-13/h2,4,6,8-10,14,23H,3,5,7,11H2,1H3,(H,22,25). The van der Waals surface area contributed by atoms with Gasteiger partial charge < -0.3 is 10.4 Å². The first-order valence-corrected chi connectivity index (χ1v) is 8.30. The fourth-order valence-electron chi connectivity index (χ4n) is 3.37. The lowest BCUT2D eigenvalue weighted by Gasteiger charge is -2.23. The zero-order chi connectivity index (χ0) is 18.0. The van der Waals surface area contributed by atoms with E-state index in [4.69, 9.17) is 5.11 Å². The van der Waals surface area contributed by atoms with Gasteiger partial charge in [0.15, 0.2) is 5.78 Å². The lowest BCUT2D eigenvalue weighted by atomic mass is 9.80. The monoisotopic (exact) mass is 341 g/mol. The van der Waals surface area contributed by atoms with Crippen molar-refractivity contribution in [1.82, 2.24) is 5.32 Å². The van der Waals surface area contributed by atoms with Crippen LogP contribution >= 0.6 is 0 Å². The summed E-state index contributed by atoms with van der Waals surface area (Å²) in [5, 5.41) is 11.6. The van der Waals surface area contributed by atoms with Crippen molar-refractivity contribution in [2.75, 3.05) is 13.7 Å². The summed E-state index contributed by atoms with van der Waals surface area (Å²) in [5.74, 6) is -1.11. The Kier molecular flexibility index (Phi) is 4.95. The summed E-state index contributed by atoms with van der Waals surface area (Å²) in [6.45, 7) is -0.431. The highest BCUT2D eigenvalue weighted by Gasteiger charge is 2.24. The molecule has 5 heteroatoms. The van der Waals surface area contributed by atoms with Crippen molar-refractivity contribution in [3.05, 3.63) is 58.9 Å². The van der Waals surface area contributed by atoms with Gasteiger partial charge in [-0.15, -0.1) is 0 Å². The second kappa shape index (κ2) is 7.15. The quantitative estimate of drug-likeness (QED) is 0.898. The van der Waals surface area contributed by atoms with Crippen LogP contribution < -0.4 is 5.32 Å². The molecule has 0 spiro atoms. The molecule has 1 unspecified atom stereocenters. The van der Waals surface area contributed by atoms with E-state index in [2.05, 4.69) is 5.32 Å². The van der Waals surface area contributed by atoms with Crippen LogP contribution in [-0.4, -0.2) is 30.5 Å². The molecule has 0 saturated carbocycles. The van der Waals surface area contributed by atoms with Gasteiger partial charge in [-0.2, -0.15) is 0 Å². The Labute approximate surface area is 145 Å². The van der Waals surface area contributed by atoms with E-state index in [0.717, 1.165) is 24.0 Å². The van der Waals surface area contributed by atoms with Crippen LogP contribution in [0.1, 0.15) is 27.9 Å². The van der Waals surface area contributed by atoms with Crippen LogP contribution in [0.5, 0.6) is 0 Å². The molecule has 1 amide bonds. The molecular formula is C20H20FNO3. The van der Waals surface area contributed by atoms with Crippen LogP contribution in [0.3, 0.4) is 0 Å². The number of hydrogen-bond acceptors (Lipinski definition) is 3. The van der Waals surface area contributed by atoms with Gasteiger partial charge >= 0.3 is 0 Å². The molecule has 0 bridgehead atoms. The maximum Gasteiger partial charge on any atom is 0.251 e. The first-order valence-electron chi connectivity index (χ1n) is 8.30. The summed E-state index contributed by atoms with van der Waals surface area (Å²) < 4.78 is 13.9. The number of aliphatic hydroxyl groups excluding tert-OH is 1. The molecule has 0 heterocycles. The normalized spacial score (nSPS) is 16.2. The van der Waals surface area contributed by atoms with Gasteiger partial charge in [-0.25, -0.2) is 4.39 Å². The van der Waals surface area contributed by atoms with E-state index in [-0.39, 0.29) is 23.2 Å². The number of aryl methyl sites for hydroxylation is 1. The third-order valence-electron chi connectivity index (χ3n) is 4.77. The summed E-state index contributed by atoms with van der Waals surface area (Å²) in [7, 11) is 1.50. The average molecular weight is 341 g/mol. The number of carbonyl (C=O) groups excluding carboxylic acids is 2. The van der Waals surface area contributed by atoms with Gasteiger partial charge in [0, 0.05) is 18.5 Å².